The molecule has 108 valence electrons. The first-order valence-corrected chi connectivity index (χ1v) is 6.99. The summed E-state index contributed by atoms with van der Waals surface area (Å²) in [5, 5.41) is 4.61. The van der Waals surface area contributed by atoms with Gasteiger partial charge in [0.1, 0.15) is 0 Å². The van der Waals surface area contributed by atoms with Crippen LogP contribution in [0.2, 0.25) is 0 Å². The SMILES string of the molecule is CON(C)C(=O)Cc1ccc(C=C2CCNCC2)cc1. The van der Waals surface area contributed by atoms with Crippen molar-refractivity contribution in [2.75, 3.05) is 27.2 Å². The first-order chi connectivity index (χ1) is 9.69. The van der Waals surface area contributed by atoms with Gasteiger partial charge in [-0.05, 0) is 37.1 Å². The van der Waals surface area contributed by atoms with Crippen LogP contribution >= 0.6 is 0 Å². The summed E-state index contributed by atoms with van der Waals surface area (Å²) in [6.07, 6.45) is 4.87. The highest BCUT2D eigenvalue weighted by molar-refractivity contribution is 5.77. The fourth-order valence-corrected chi connectivity index (χ4v) is 2.25. The minimum absolute atomic E-state index is 0.0445. The molecule has 1 fully saturated rings. The Balaban J connectivity index is 1.97. The van der Waals surface area contributed by atoms with E-state index in [0.29, 0.717) is 6.42 Å². The van der Waals surface area contributed by atoms with Crippen LogP contribution in [0.5, 0.6) is 0 Å². The molecule has 0 saturated carbocycles. The molecule has 1 aliphatic rings. The molecule has 0 atom stereocenters. The average molecular weight is 274 g/mol. The van der Waals surface area contributed by atoms with Crippen LogP contribution < -0.4 is 5.32 Å². The number of hydrogen-bond acceptors (Lipinski definition) is 3. The fourth-order valence-electron chi connectivity index (χ4n) is 2.25. The van der Waals surface area contributed by atoms with Crippen molar-refractivity contribution in [2.45, 2.75) is 19.3 Å². The highest BCUT2D eigenvalue weighted by Crippen LogP contribution is 2.16. The van der Waals surface area contributed by atoms with E-state index in [0.717, 1.165) is 31.5 Å². The van der Waals surface area contributed by atoms with E-state index < -0.39 is 0 Å². The van der Waals surface area contributed by atoms with Crippen LogP contribution in [-0.4, -0.2) is 38.2 Å². The number of hydroxylamine groups is 2. The predicted octanol–water partition coefficient (Wildman–Crippen LogP) is 2.02. The summed E-state index contributed by atoms with van der Waals surface area (Å²) in [6.45, 7) is 2.14. The van der Waals surface area contributed by atoms with Crippen LogP contribution in [0.4, 0.5) is 0 Å². The molecule has 1 saturated heterocycles. The fraction of sp³-hybridized carbons (Fsp3) is 0.438. The largest absolute Gasteiger partial charge is 0.316 e. The number of piperidine rings is 1. The molecule has 1 heterocycles. The second-order valence-corrected chi connectivity index (χ2v) is 5.04. The number of carbonyl (C=O) groups is 1. The number of benzene rings is 1. The zero-order valence-electron chi connectivity index (χ0n) is 12.2. The number of rotatable bonds is 4. The summed E-state index contributed by atoms with van der Waals surface area (Å²) >= 11 is 0. The van der Waals surface area contributed by atoms with Gasteiger partial charge >= 0.3 is 0 Å². The maximum atomic E-state index is 11.7. The topological polar surface area (TPSA) is 41.6 Å². The monoisotopic (exact) mass is 274 g/mol. The zero-order chi connectivity index (χ0) is 14.4. The molecule has 0 bridgehead atoms. The Hall–Kier alpha value is -1.65. The molecule has 1 N–H and O–H groups in total. The van der Waals surface area contributed by atoms with Gasteiger partial charge in [-0.3, -0.25) is 9.63 Å². The van der Waals surface area contributed by atoms with Gasteiger partial charge in [0.15, 0.2) is 0 Å². The van der Waals surface area contributed by atoms with Gasteiger partial charge in [0, 0.05) is 7.05 Å². The van der Waals surface area contributed by atoms with Gasteiger partial charge in [-0.15, -0.1) is 0 Å². The van der Waals surface area contributed by atoms with E-state index in [2.05, 4.69) is 23.5 Å². The van der Waals surface area contributed by atoms with Gasteiger partial charge in [-0.2, -0.15) is 0 Å². The van der Waals surface area contributed by atoms with Crippen LogP contribution in [0, 0.1) is 0 Å². The second kappa shape index (κ2) is 7.22. The summed E-state index contributed by atoms with van der Waals surface area (Å²) in [7, 11) is 3.12. The van der Waals surface area contributed by atoms with Crippen molar-refractivity contribution in [1.29, 1.82) is 0 Å². The minimum atomic E-state index is -0.0445. The molecular formula is C16H22N2O2. The van der Waals surface area contributed by atoms with Crippen molar-refractivity contribution < 1.29 is 9.63 Å². The van der Waals surface area contributed by atoms with E-state index in [4.69, 9.17) is 4.84 Å². The molecule has 1 aromatic rings. The molecule has 4 nitrogen and oxygen atoms in total. The zero-order valence-corrected chi connectivity index (χ0v) is 12.2. The third-order valence-electron chi connectivity index (χ3n) is 3.58. The normalized spacial score (nSPS) is 15.0. The Bertz CT molecular complexity index is 472. The van der Waals surface area contributed by atoms with E-state index in [1.807, 2.05) is 12.1 Å². The Morgan fingerprint density at radius 2 is 1.95 bits per heavy atom. The van der Waals surface area contributed by atoms with Crippen molar-refractivity contribution in [3.05, 3.63) is 41.0 Å². The lowest BCUT2D eigenvalue weighted by Crippen LogP contribution is -2.26. The summed E-state index contributed by atoms with van der Waals surface area (Å²) in [5.41, 5.74) is 3.70. The third-order valence-corrected chi connectivity index (χ3v) is 3.58. The predicted molar refractivity (Wildman–Crippen MR) is 80.0 cm³/mol. The second-order valence-electron chi connectivity index (χ2n) is 5.04. The van der Waals surface area contributed by atoms with Crippen molar-refractivity contribution in [3.8, 4) is 0 Å². The first-order valence-electron chi connectivity index (χ1n) is 6.99. The van der Waals surface area contributed by atoms with E-state index in [1.165, 1.54) is 23.3 Å². The van der Waals surface area contributed by atoms with Gasteiger partial charge in [-0.25, -0.2) is 5.06 Å². The Morgan fingerprint density at radius 3 is 2.55 bits per heavy atom. The number of nitrogens with one attached hydrogen (secondary N) is 1. The number of nitrogens with zero attached hydrogens (tertiary/aromatic N) is 1. The summed E-state index contributed by atoms with van der Waals surface area (Å²) in [5.74, 6) is -0.0445. The summed E-state index contributed by atoms with van der Waals surface area (Å²) in [4.78, 5) is 16.6. The molecule has 0 unspecified atom stereocenters. The van der Waals surface area contributed by atoms with E-state index in [9.17, 15) is 4.79 Å². The minimum Gasteiger partial charge on any atom is -0.316 e. The molecule has 0 radical (unpaired) electrons. The molecule has 1 aliphatic heterocycles. The third kappa shape index (κ3) is 4.18. The standard InChI is InChI=1S/C16H22N2O2/c1-18(20-2)16(19)12-14-5-3-13(4-6-14)11-15-7-9-17-10-8-15/h3-6,11,17H,7-10,12H2,1-2H3. The lowest BCUT2D eigenvalue weighted by Gasteiger charge is -2.15. The molecule has 20 heavy (non-hydrogen) atoms. The molecule has 0 spiro atoms. The lowest BCUT2D eigenvalue weighted by atomic mass is 10.0. The van der Waals surface area contributed by atoms with Crippen LogP contribution in [0.1, 0.15) is 24.0 Å². The van der Waals surface area contributed by atoms with Gasteiger partial charge in [0.25, 0.3) is 0 Å². The molecule has 0 aliphatic carbocycles. The number of hydrogen-bond donors (Lipinski definition) is 1. The van der Waals surface area contributed by atoms with E-state index in [1.54, 1.807) is 7.05 Å². The number of carbonyl (C=O) groups excluding carboxylic acids is 1. The maximum absolute atomic E-state index is 11.7. The van der Waals surface area contributed by atoms with Crippen molar-refractivity contribution in [2.24, 2.45) is 0 Å². The Kier molecular flexibility index (Phi) is 5.32. The van der Waals surface area contributed by atoms with E-state index >= 15 is 0 Å². The average Bonchev–Trinajstić information content (AvgIpc) is 2.49. The van der Waals surface area contributed by atoms with Crippen molar-refractivity contribution >= 4 is 12.0 Å². The maximum Gasteiger partial charge on any atom is 0.250 e. The number of amides is 1. The van der Waals surface area contributed by atoms with Gasteiger partial charge in [0.05, 0.1) is 13.5 Å². The Morgan fingerprint density at radius 1 is 1.30 bits per heavy atom. The molecular weight excluding hydrogens is 252 g/mol. The molecule has 0 aromatic heterocycles. The van der Waals surface area contributed by atoms with Crippen molar-refractivity contribution in [1.82, 2.24) is 10.4 Å². The highest BCUT2D eigenvalue weighted by Gasteiger charge is 2.09. The van der Waals surface area contributed by atoms with Gasteiger partial charge in [-0.1, -0.05) is 35.9 Å². The molecule has 1 aromatic carbocycles. The molecule has 4 heteroatoms. The van der Waals surface area contributed by atoms with Crippen LogP contribution in [0.15, 0.2) is 29.8 Å². The van der Waals surface area contributed by atoms with E-state index in [-0.39, 0.29) is 5.91 Å². The summed E-state index contributed by atoms with van der Waals surface area (Å²) < 4.78 is 0. The quantitative estimate of drug-likeness (QED) is 0.854. The van der Waals surface area contributed by atoms with Crippen LogP contribution in [0.25, 0.3) is 6.08 Å². The summed E-state index contributed by atoms with van der Waals surface area (Å²) in [6, 6.07) is 8.17. The molecule has 2 rings (SSSR count). The molecule has 1 amide bonds. The smallest absolute Gasteiger partial charge is 0.250 e. The first kappa shape index (κ1) is 14.8. The van der Waals surface area contributed by atoms with Gasteiger partial charge in [0.2, 0.25) is 5.91 Å². The Labute approximate surface area is 120 Å². The van der Waals surface area contributed by atoms with Crippen LogP contribution in [-0.2, 0) is 16.1 Å². The highest BCUT2D eigenvalue weighted by atomic mass is 16.7. The van der Waals surface area contributed by atoms with Gasteiger partial charge < -0.3 is 5.32 Å². The number of likely N-dealkylation sites (N-methyl/N-ethyl adjacent to an activating group) is 1. The van der Waals surface area contributed by atoms with Crippen LogP contribution in [0.3, 0.4) is 0 Å². The van der Waals surface area contributed by atoms with Crippen molar-refractivity contribution in [3.63, 3.8) is 0 Å². The lowest BCUT2D eigenvalue weighted by molar-refractivity contribution is -0.167.